The number of furan rings is 1. The Hall–Kier alpha value is -3.02. The summed E-state index contributed by atoms with van der Waals surface area (Å²) in [5, 5.41) is 0.398. The molecule has 2 heterocycles. The maximum absolute atomic E-state index is 13.0. The van der Waals surface area contributed by atoms with E-state index >= 15 is 0 Å². The van der Waals surface area contributed by atoms with Crippen LogP contribution in [0.25, 0.3) is 22.5 Å². The van der Waals surface area contributed by atoms with E-state index in [0.29, 0.717) is 23.3 Å². The van der Waals surface area contributed by atoms with E-state index in [4.69, 9.17) is 18.3 Å². The van der Waals surface area contributed by atoms with Crippen LogP contribution in [-0.4, -0.2) is 19.2 Å². The summed E-state index contributed by atoms with van der Waals surface area (Å²) in [5.41, 5.74) is 1.08. The van der Waals surface area contributed by atoms with Crippen LogP contribution >= 0.6 is 0 Å². The fourth-order valence-corrected chi connectivity index (χ4v) is 2.58. The quantitative estimate of drug-likeness (QED) is 0.580. The second kappa shape index (κ2) is 8.12. The Labute approximate surface area is 156 Å². The van der Waals surface area contributed by atoms with Gasteiger partial charge in [0.15, 0.2) is 12.4 Å². The highest BCUT2D eigenvalue weighted by Crippen LogP contribution is 2.31. The zero-order valence-electron chi connectivity index (χ0n) is 15.6. The molecule has 0 saturated heterocycles. The average Bonchev–Trinajstić information content (AvgIpc) is 3.19. The third-order valence-corrected chi connectivity index (χ3v) is 3.98. The highest BCUT2D eigenvalue weighted by atomic mass is 16.6. The van der Waals surface area contributed by atoms with Crippen molar-refractivity contribution >= 4 is 16.9 Å². The Balaban J connectivity index is 2.00. The summed E-state index contributed by atoms with van der Waals surface area (Å²) >= 11 is 0. The summed E-state index contributed by atoms with van der Waals surface area (Å²) in [6.07, 6.45) is 2.26. The van der Waals surface area contributed by atoms with Gasteiger partial charge in [-0.25, -0.2) is 4.79 Å². The molecule has 0 radical (unpaired) electrons. The smallest absolute Gasteiger partial charge is 0.344 e. The minimum absolute atomic E-state index is 0.0628. The lowest BCUT2D eigenvalue weighted by atomic mass is 10.1. The second-order valence-electron chi connectivity index (χ2n) is 6.62. The van der Waals surface area contributed by atoms with Gasteiger partial charge in [-0.3, -0.25) is 4.79 Å². The van der Waals surface area contributed by atoms with Crippen LogP contribution in [0.1, 0.15) is 26.3 Å². The molecule has 27 heavy (non-hydrogen) atoms. The van der Waals surface area contributed by atoms with Crippen LogP contribution in [0, 0.1) is 5.92 Å². The molecular weight excluding hydrogens is 348 g/mol. The van der Waals surface area contributed by atoms with Gasteiger partial charge in [0.1, 0.15) is 5.58 Å². The van der Waals surface area contributed by atoms with Gasteiger partial charge in [0, 0.05) is 0 Å². The van der Waals surface area contributed by atoms with E-state index in [-0.39, 0.29) is 29.5 Å². The van der Waals surface area contributed by atoms with Crippen molar-refractivity contribution < 1.29 is 23.1 Å². The van der Waals surface area contributed by atoms with Crippen LogP contribution in [0.2, 0.25) is 0 Å². The molecule has 0 unspecified atom stereocenters. The number of ether oxygens (including phenoxy) is 2. The zero-order chi connectivity index (χ0) is 19.4. The third kappa shape index (κ3) is 4.22. The van der Waals surface area contributed by atoms with E-state index < -0.39 is 5.97 Å². The third-order valence-electron chi connectivity index (χ3n) is 3.98. The van der Waals surface area contributed by atoms with Gasteiger partial charge in [0.25, 0.3) is 0 Å². The van der Waals surface area contributed by atoms with Gasteiger partial charge in [-0.15, -0.1) is 0 Å². The molecule has 0 aliphatic heterocycles. The first kappa shape index (κ1) is 18.8. The van der Waals surface area contributed by atoms with Crippen molar-refractivity contribution in [3.8, 4) is 17.3 Å². The van der Waals surface area contributed by atoms with E-state index in [1.54, 1.807) is 24.3 Å². The molecular formula is C21H22O6. The van der Waals surface area contributed by atoms with E-state index in [0.717, 1.165) is 12.0 Å². The molecule has 2 aromatic heterocycles. The Kier molecular flexibility index (Phi) is 5.64. The standard InChI is InChI=1S/C21H22O6/c1-4-14-7-8-16-15(10-14)19(23)21(20(27-16)17-6-5-9-24-17)26-12-18(22)25-11-13(2)3/h5-10,13H,4,11-12H2,1-3H3. The van der Waals surface area contributed by atoms with Gasteiger partial charge < -0.3 is 18.3 Å². The highest BCUT2D eigenvalue weighted by molar-refractivity contribution is 5.82. The number of rotatable bonds is 7. The zero-order valence-corrected chi connectivity index (χ0v) is 15.6. The first-order chi connectivity index (χ1) is 13.0. The molecule has 0 spiro atoms. The number of fused-ring (bicyclic) bond motifs is 1. The van der Waals surface area contributed by atoms with Gasteiger partial charge in [-0.05, 0) is 42.2 Å². The molecule has 0 N–H and O–H groups in total. The van der Waals surface area contributed by atoms with Gasteiger partial charge in [0.2, 0.25) is 16.9 Å². The van der Waals surface area contributed by atoms with Gasteiger partial charge in [-0.1, -0.05) is 26.8 Å². The van der Waals surface area contributed by atoms with Crippen LogP contribution < -0.4 is 10.2 Å². The van der Waals surface area contributed by atoms with Gasteiger partial charge in [-0.2, -0.15) is 0 Å². The molecule has 0 fully saturated rings. The fourth-order valence-electron chi connectivity index (χ4n) is 2.58. The fraction of sp³-hybridized carbons (Fsp3) is 0.333. The van der Waals surface area contributed by atoms with E-state index in [2.05, 4.69) is 0 Å². The van der Waals surface area contributed by atoms with Crippen LogP contribution in [0.15, 0.2) is 50.2 Å². The molecule has 3 rings (SSSR count). The minimum atomic E-state index is -0.545. The van der Waals surface area contributed by atoms with Crippen LogP contribution in [0.3, 0.4) is 0 Å². The van der Waals surface area contributed by atoms with Gasteiger partial charge >= 0.3 is 5.97 Å². The molecule has 0 bridgehead atoms. The number of esters is 1. The second-order valence-corrected chi connectivity index (χ2v) is 6.62. The SMILES string of the molecule is CCc1ccc2oc(-c3ccco3)c(OCC(=O)OCC(C)C)c(=O)c2c1. The summed E-state index contributed by atoms with van der Waals surface area (Å²) in [6.45, 7) is 5.78. The van der Waals surface area contributed by atoms with Gasteiger partial charge in [0.05, 0.1) is 18.3 Å². The Bertz CT molecular complexity index is 982. The lowest BCUT2D eigenvalue weighted by molar-refractivity contribution is -0.147. The minimum Gasteiger partial charge on any atom is -0.474 e. The molecule has 1 aromatic carbocycles. The summed E-state index contributed by atoms with van der Waals surface area (Å²) in [5.74, 6) is 0.103. The molecule has 0 atom stereocenters. The summed E-state index contributed by atoms with van der Waals surface area (Å²) in [4.78, 5) is 24.9. The van der Waals surface area contributed by atoms with Crippen molar-refractivity contribution in [2.24, 2.45) is 5.92 Å². The van der Waals surface area contributed by atoms with E-state index in [9.17, 15) is 9.59 Å². The summed E-state index contributed by atoms with van der Waals surface area (Å²) in [7, 11) is 0. The molecule has 0 aliphatic rings. The van der Waals surface area contributed by atoms with Crippen LogP contribution in [-0.2, 0) is 16.0 Å². The molecule has 0 amide bonds. The summed E-state index contributed by atoms with van der Waals surface area (Å²) in [6, 6.07) is 8.77. The first-order valence-electron chi connectivity index (χ1n) is 8.91. The molecule has 0 aliphatic carbocycles. The molecule has 6 nitrogen and oxygen atoms in total. The number of carbonyl (C=O) groups excluding carboxylic acids is 1. The van der Waals surface area contributed by atoms with Crippen molar-refractivity contribution in [1.82, 2.24) is 0 Å². The van der Waals surface area contributed by atoms with Crippen molar-refractivity contribution in [3.63, 3.8) is 0 Å². The van der Waals surface area contributed by atoms with E-state index in [1.807, 2.05) is 26.8 Å². The van der Waals surface area contributed by atoms with Crippen molar-refractivity contribution in [3.05, 3.63) is 52.4 Å². The van der Waals surface area contributed by atoms with Crippen molar-refractivity contribution in [1.29, 1.82) is 0 Å². The van der Waals surface area contributed by atoms with Crippen molar-refractivity contribution in [2.75, 3.05) is 13.2 Å². The number of benzene rings is 1. The topological polar surface area (TPSA) is 78.9 Å². The maximum atomic E-state index is 13.0. The number of hydrogen-bond acceptors (Lipinski definition) is 6. The average molecular weight is 370 g/mol. The largest absolute Gasteiger partial charge is 0.474 e. The monoisotopic (exact) mass is 370 g/mol. The number of carbonyl (C=O) groups is 1. The van der Waals surface area contributed by atoms with E-state index in [1.165, 1.54) is 6.26 Å². The molecule has 0 saturated carbocycles. The normalized spacial score (nSPS) is 11.1. The molecule has 142 valence electrons. The lowest BCUT2D eigenvalue weighted by Gasteiger charge is -2.11. The Morgan fingerprint density at radius 3 is 2.70 bits per heavy atom. The van der Waals surface area contributed by atoms with Crippen molar-refractivity contribution in [2.45, 2.75) is 27.2 Å². The number of hydrogen-bond donors (Lipinski definition) is 0. The number of aryl methyl sites for hydroxylation is 1. The Morgan fingerprint density at radius 1 is 1.22 bits per heavy atom. The Morgan fingerprint density at radius 2 is 2.04 bits per heavy atom. The molecule has 3 aromatic rings. The maximum Gasteiger partial charge on any atom is 0.344 e. The highest BCUT2D eigenvalue weighted by Gasteiger charge is 2.21. The summed E-state index contributed by atoms with van der Waals surface area (Å²) < 4.78 is 21.9. The first-order valence-corrected chi connectivity index (χ1v) is 8.91. The predicted octanol–water partition coefficient (Wildman–Crippen LogP) is 4.19. The predicted molar refractivity (Wildman–Crippen MR) is 101 cm³/mol. The lowest BCUT2D eigenvalue weighted by Crippen LogP contribution is -2.20. The van der Waals surface area contributed by atoms with Crippen LogP contribution in [0.4, 0.5) is 0 Å². The van der Waals surface area contributed by atoms with Crippen LogP contribution in [0.5, 0.6) is 5.75 Å². The molecule has 6 heteroatoms.